The quantitative estimate of drug-likeness (QED) is 0.821. The molecule has 21 heavy (non-hydrogen) atoms. The Balaban J connectivity index is 2.00. The average Bonchev–Trinajstić information content (AvgIpc) is 2.83. The Morgan fingerprint density at radius 1 is 1.19 bits per heavy atom. The molecule has 0 atom stereocenters. The summed E-state index contributed by atoms with van der Waals surface area (Å²) in [4.78, 5) is 1.06. The van der Waals surface area contributed by atoms with Gasteiger partial charge in [0.05, 0.1) is 0 Å². The summed E-state index contributed by atoms with van der Waals surface area (Å²) in [5.74, 6) is 0. The van der Waals surface area contributed by atoms with E-state index in [1.807, 2.05) is 44.3 Å². The van der Waals surface area contributed by atoms with Crippen LogP contribution in [0, 0.1) is 6.92 Å². The first-order valence-corrected chi connectivity index (χ1v) is 9.10. The Kier molecular flexibility index (Phi) is 5.52. The summed E-state index contributed by atoms with van der Waals surface area (Å²) >= 11 is 1.32. The zero-order valence-electron chi connectivity index (χ0n) is 12.2. The van der Waals surface area contributed by atoms with Crippen LogP contribution in [0.3, 0.4) is 0 Å². The summed E-state index contributed by atoms with van der Waals surface area (Å²) < 4.78 is 27.6. The van der Waals surface area contributed by atoms with Crippen molar-refractivity contribution in [3.63, 3.8) is 0 Å². The highest BCUT2D eigenvalue weighted by Crippen LogP contribution is 2.25. The van der Waals surface area contributed by atoms with Gasteiger partial charge >= 0.3 is 0 Å². The van der Waals surface area contributed by atoms with Gasteiger partial charge in [-0.05, 0) is 37.6 Å². The summed E-state index contributed by atoms with van der Waals surface area (Å²) in [5.41, 5.74) is 2.14. The molecule has 0 amide bonds. The van der Waals surface area contributed by atoms with E-state index in [0.717, 1.165) is 16.0 Å². The molecule has 0 saturated carbocycles. The number of thiophene rings is 1. The van der Waals surface area contributed by atoms with Gasteiger partial charge in [0, 0.05) is 18.0 Å². The maximum atomic E-state index is 12.3. The van der Waals surface area contributed by atoms with Crippen molar-refractivity contribution < 1.29 is 8.42 Å². The lowest BCUT2D eigenvalue weighted by Crippen LogP contribution is -2.25. The first kappa shape index (κ1) is 16.2. The first-order valence-electron chi connectivity index (χ1n) is 6.80. The minimum atomic E-state index is -3.41. The maximum absolute atomic E-state index is 12.3. The minimum absolute atomic E-state index is 0.387. The van der Waals surface area contributed by atoms with E-state index in [1.54, 1.807) is 6.07 Å². The van der Waals surface area contributed by atoms with E-state index in [9.17, 15) is 8.42 Å². The molecule has 0 unspecified atom stereocenters. The number of sulfonamides is 1. The molecule has 1 heterocycles. The van der Waals surface area contributed by atoms with E-state index in [-0.39, 0.29) is 0 Å². The zero-order valence-corrected chi connectivity index (χ0v) is 13.9. The molecule has 0 fully saturated rings. The van der Waals surface area contributed by atoms with E-state index in [2.05, 4.69) is 10.0 Å². The van der Waals surface area contributed by atoms with Crippen LogP contribution in [0.25, 0.3) is 0 Å². The molecule has 0 aliphatic rings. The third-order valence-electron chi connectivity index (χ3n) is 3.15. The number of benzene rings is 1. The first-order chi connectivity index (χ1) is 10.0. The molecule has 2 rings (SSSR count). The van der Waals surface area contributed by atoms with E-state index >= 15 is 0 Å². The SMILES string of the molecule is CNCc1sc(S(=O)(=O)NCCc2ccccc2)cc1C. The fourth-order valence-electron chi connectivity index (χ4n) is 2.00. The van der Waals surface area contributed by atoms with Crippen LogP contribution in [0.4, 0.5) is 0 Å². The zero-order chi connectivity index (χ0) is 15.3. The number of hydrogen-bond acceptors (Lipinski definition) is 4. The largest absolute Gasteiger partial charge is 0.315 e. The van der Waals surface area contributed by atoms with E-state index in [1.165, 1.54) is 11.3 Å². The molecule has 2 N–H and O–H groups in total. The molecule has 2 aromatic rings. The Labute approximate surface area is 130 Å². The summed E-state index contributed by atoms with van der Waals surface area (Å²) in [7, 11) is -1.56. The summed E-state index contributed by atoms with van der Waals surface area (Å²) in [5, 5.41) is 3.05. The van der Waals surface area contributed by atoms with Crippen molar-refractivity contribution in [2.45, 2.75) is 24.1 Å². The van der Waals surface area contributed by atoms with Gasteiger partial charge in [0.2, 0.25) is 10.0 Å². The molecule has 0 radical (unpaired) electrons. The third kappa shape index (κ3) is 4.38. The van der Waals surface area contributed by atoms with Crippen LogP contribution < -0.4 is 10.0 Å². The highest BCUT2D eigenvalue weighted by atomic mass is 32.2. The predicted octanol–water partition coefficient (Wildman–Crippen LogP) is 2.30. The van der Waals surface area contributed by atoms with Crippen LogP contribution in [0.2, 0.25) is 0 Å². The van der Waals surface area contributed by atoms with Crippen LogP contribution in [0.15, 0.2) is 40.6 Å². The minimum Gasteiger partial charge on any atom is -0.315 e. The van der Waals surface area contributed by atoms with Gasteiger partial charge in [0.1, 0.15) is 4.21 Å². The number of aryl methyl sites for hydroxylation is 1. The van der Waals surface area contributed by atoms with Crippen LogP contribution in [0.1, 0.15) is 16.0 Å². The topological polar surface area (TPSA) is 58.2 Å². The molecule has 1 aromatic heterocycles. The molecular weight excluding hydrogens is 304 g/mol. The Bertz CT molecular complexity index is 679. The van der Waals surface area contributed by atoms with Gasteiger partial charge in [0.15, 0.2) is 0 Å². The average molecular weight is 324 g/mol. The highest BCUT2D eigenvalue weighted by Gasteiger charge is 2.18. The molecule has 114 valence electrons. The van der Waals surface area contributed by atoms with Gasteiger partial charge in [-0.1, -0.05) is 30.3 Å². The molecule has 0 aliphatic heterocycles. The fourth-order valence-corrected chi connectivity index (χ4v) is 4.68. The second-order valence-corrected chi connectivity index (χ2v) is 7.97. The van der Waals surface area contributed by atoms with Crippen molar-refractivity contribution in [2.75, 3.05) is 13.6 Å². The summed E-state index contributed by atoms with van der Waals surface area (Å²) in [6.07, 6.45) is 0.688. The smallest absolute Gasteiger partial charge is 0.250 e. The summed E-state index contributed by atoms with van der Waals surface area (Å²) in [6.45, 7) is 3.03. The molecule has 0 saturated heterocycles. The lowest BCUT2D eigenvalue weighted by molar-refractivity contribution is 0.583. The molecule has 0 aliphatic carbocycles. The predicted molar refractivity (Wildman–Crippen MR) is 87.2 cm³/mol. The summed E-state index contributed by atoms with van der Waals surface area (Å²) in [6, 6.07) is 11.6. The number of hydrogen-bond donors (Lipinski definition) is 2. The van der Waals surface area contributed by atoms with Crippen molar-refractivity contribution in [3.05, 3.63) is 52.4 Å². The van der Waals surface area contributed by atoms with Crippen LogP contribution in [-0.4, -0.2) is 22.0 Å². The standard InChI is InChI=1S/C15H20N2O2S2/c1-12-10-15(20-14(12)11-16-2)21(18,19)17-9-8-13-6-4-3-5-7-13/h3-7,10,16-17H,8-9,11H2,1-2H3. The van der Waals surface area contributed by atoms with E-state index in [4.69, 9.17) is 0 Å². The third-order valence-corrected chi connectivity index (χ3v) is 6.32. The van der Waals surface area contributed by atoms with Gasteiger partial charge in [-0.15, -0.1) is 11.3 Å². The maximum Gasteiger partial charge on any atom is 0.250 e. The molecule has 4 nitrogen and oxygen atoms in total. The van der Waals surface area contributed by atoms with Crippen molar-refractivity contribution in [1.29, 1.82) is 0 Å². The van der Waals surface area contributed by atoms with Crippen LogP contribution in [-0.2, 0) is 23.0 Å². The second-order valence-electron chi connectivity index (χ2n) is 4.84. The van der Waals surface area contributed by atoms with Gasteiger partial charge in [-0.25, -0.2) is 13.1 Å². The highest BCUT2D eigenvalue weighted by molar-refractivity contribution is 7.91. The van der Waals surface area contributed by atoms with Gasteiger partial charge in [0.25, 0.3) is 0 Å². The van der Waals surface area contributed by atoms with E-state index < -0.39 is 10.0 Å². The van der Waals surface area contributed by atoms with Gasteiger partial charge in [-0.2, -0.15) is 0 Å². The monoisotopic (exact) mass is 324 g/mol. The number of nitrogens with one attached hydrogen (secondary N) is 2. The lowest BCUT2D eigenvalue weighted by Gasteiger charge is -2.04. The Morgan fingerprint density at radius 2 is 1.90 bits per heavy atom. The molecule has 0 spiro atoms. The fraction of sp³-hybridized carbons (Fsp3) is 0.333. The molecule has 6 heteroatoms. The van der Waals surface area contributed by atoms with Crippen molar-refractivity contribution in [2.24, 2.45) is 0 Å². The molecule has 1 aromatic carbocycles. The van der Waals surface area contributed by atoms with Crippen molar-refractivity contribution in [3.8, 4) is 0 Å². The van der Waals surface area contributed by atoms with Gasteiger partial charge < -0.3 is 5.32 Å². The van der Waals surface area contributed by atoms with Crippen LogP contribution >= 0.6 is 11.3 Å². The molecular formula is C15H20N2O2S2. The van der Waals surface area contributed by atoms with Gasteiger partial charge in [-0.3, -0.25) is 0 Å². The molecule has 0 bridgehead atoms. The number of rotatable bonds is 7. The Hall–Kier alpha value is -1.21. The Morgan fingerprint density at radius 3 is 2.57 bits per heavy atom. The normalized spacial score (nSPS) is 11.7. The van der Waals surface area contributed by atoms with E-state index in [0.29, 0.717) is 23.7 Å². The van der Waals surface area contributed by atoms with Crippen LogP contribution in [0.5, 0.6) is 0 Å². The van der Waals surface area contributed by atoms with Crippen molar-refractivity contribution in [1.82, 2.24) is 10.0 Å². The lowest BCUT2D eigenvalue weighted by atomic mass is 10.2. The second kappa shape index (κ2) is 7.17. The van der Waals surface area contributed by atoms with Crippen molar-refractivity contribution >= 4 is 21.4 Å².